The highest BCUT2D eigenvalue weighted by Crippen LogP contribution is 2.33. The van der Waals surface area contributed by atoms with Gasteiger partial charge in [-0.3, -0.25) is 4.79 Å². The molecule has 1 fully saturated rings. The number of aromatic nitrogens is 2. The molecule has 1 aromatic heterocycles. The minimum Gasteiger partial charge on any atom is -0.312 e. The standard InChI is InChI=1S/C25H32N4O3S2/c1-4-15-29(24-17(2)7-5-8-18(24)3)25(30)20-13-11-19(12-14-20)16-26-34(31,32)22-10-6-9-21-23(22)28-33-27-21/h5-10,19-20,26H,4,11-16H2,1-3H3. The summed E-state index contributed by atoms with van der Waals surface area (Å²) in [5.74, 6) is 0.389. The summed E-state index contributed by atoms with van der Waals surface area (Å²) in [6, 6.07) is 11.2. The summed E-state index contributed by atoms with van der Waals surface area (Å²) in [6.07, 6.45) is 4.12. The van der Waals surface area contributed by atoms with Crippen molar-refractivity contribution in [2.24, 2.45) is 11.8 Å². The molecule has 0 saturated heterocycles. The van der Waals surface area contributed by atoms with Crippen molar-refractivity contribution in [1.82, 2.24) is 13.5 Å². The van der Waals surface area contributed by atoms with Crippen LogP contribution in [0.2, 0.25) is 0 Å². The molecule has 34 heavy (non-hydrogen) atoms. The molecule has 3 aromatic rings. The second-order valence-electron chi connectivity index (χ2n) is 9.19. The predicted molar refractivity (Wildman–Crippen MR) is 137 cm³/mol. The largest absolute Gasteiger partial charge is 0.312 e. The molecule has 2 aromatic carbocycles. The van der Waals surface area contributed by atoms with E-state index in [2.05, 4.69) is 46.4 Å². The summed E-state index contributed by atoms with van der Waals surface area (Å²) in [5, 5.41) is 0. The Morgan fingerprint density at radius 1 is 1.06 bits per heavy atom. The van der Waals surface area contributed by atoms with Gasteiger partial charge in [-0.05, 0) is 75.1 Å². The normalized spacial score (nSPS) is 18.8. The monoisotopic (exact) mass is 500 g/mol. The number of carbonyl (C=O) groups is 1. The Morgan fingerprint density at radius 3 is 2.41 bits per heavy atom. The van der Waals surface area contributed by atoms with Crippen LogP contribution in [0.4, 0.5) is 5.69 Å². The first-order chi connectivity index (χ1) is 16.3. The minimum atomic E-state index is -3.67. The fourth-order valence-electron chi connectivity index (χ4n) is 4.92. The Bertz CT molecular complexity index is 1240. The van der Waals surface area contributed by atoms with E-state index in [4.69, 9.17) is 0 Å². The number of aryl methyl sites for hydroxylation is 2. The van der Waals surface area contributed by atoms with Crippen molar-refractivity contribution in [2.75, 3.05) is 18.0 Å². The number of hydrogen-bond donors (Lipinski definition) is 1. The summed E-state index contributed by atoms with van der Waals surface area (Å²) >= 11 is 1.01. The second-order valence-corrected chi connectivity index (χ2v) is 11.5. The fourth-order valence-corrected chi connectivity index (χ4v) is 6.81. The molecule has 9 heteroatoms. The first-order valence-electron chi connectivity index (χ1n) is 11.9. The van der Waals surface area contributed by atoms with Crippen LogP contribution in [0.3, 0.4) is 0 Å². The fraction of sp³-hybridized carbons (Fsp3) is 0.480. The van der Waals surface area contributed by atoms with Gasteiger partial charge in [0.25, 0.3) is 0 Å². The van der Waals surface area contributed by atoms with Crippen LogP contribution in [0.1, 0.15) is 50.2 Å². The zero-order valence-corrected chi connectivity index (χ0v) is 21.6. The molecule has 1 heterocycles. The quantitative estimate of drug-likeness (QED) is 0.478. The predicted octanol–water partition coefficient (Wildman–Crippen LogP) is 4.84. The van der Waals surface area contributed by atoms with Gasteiger partial charge in [-0.15, -0.1) is 0 Å². The zero-order chi connectivity index (χ0) is 24.3. The van der Waals surface area contributed by atoms with Crippen LogP contribution >= 0.6 is 11.7 Å². The summed E-state index contributed by atoms with van der Waals surface area (Å²) in [5.41, 5.74) is 4.28. The first-order valence-corrected chi connectivity index (χ1v) is 14.1. The Kier molecular flexibility index (Phi) is 7.64. The summed E-state index contributed by atoms with van der Waals surface area (Å²) in [7, 11) is -3.67. The lowest BCUT2D eigenvalue weighted by molar-refractivity contribution is -0.123. The van der Waals surface area contributed by atoms with Gasteiger partial charge >= 0.3 is 0 Å². The highest BCUT2D eigenvalue weighted by molar-refractivity contribution is 7.89. The van der Waals surface area contributed by atoms with Crippen LogP contribution in [-0.2, 0) is 14.8 Å². The third-order valence-corrected chi connectivity index (χ3v) is 8.72. The molecule has 0 bridgehead atoms. The van der Waals surface area contributed by atoms with Gasteiger partial charge in [-0.1, -0.05) is 31.2 Å². The molecule has 182 valence electrons. The van der Waals surface area contributed by atoms with Crippen LogP contribution in [-0.4, -0.2) is 36.2 Å². The van der Waals surface area contributed by atoms with Gasteiger partial charge in [0.2, 0.25) is 15.9 Å². The van der Waals surface area contributed by atoms with E-state index in [0.29, 0.717) is 24.1 Å². The van der Waals surface area contributed by atoms with E-state index in [9.17, 15) is 13.2 Å². The van der Waals surface area contributed by atoms with Crippen molar-refractivity contribution >= 4 is 44.4 Å². The lowest BCUT2D eigenvalue weighted by Crippen LogP contribution is -2.40. The SMILES string of the molecule is CCCN(C(=O)C1CCC(CNS(=O)(=O)c2cccc3nsnc23)CC1)c1c(C)cccc1C. The molecule has 1 amide bonds. The Hall–Kier alpha value is -2.36. The molecule has 7 nitrogen and oxygen atoms in total. The number of fused-ring (bicyclic) bond motifs is 1. The highest BCUT2D eigenvalue weighted by Gasteiger charge is 2.31. The lowest BCUT2D eigenvalue weighted by atomic mass is 9.81. The van der Waals surface area contributed by atoms with Crippen molar-refractivity contribution in [3.63, 3.8) is 0 Å². The molecule has 0 aliphatic heterocycles. The molecule has 4 rings (SSSR count). The van der Waals surface area contributed by atoms with E-state index in [1.807, 2.05) is 11.0 Å². The van der Waals surface area contributed by atoms with E-state index in [-0.39, 0.29) is 22.6 Å². The van der Waals surface area contributed by atoms with E-state index >= 15 is 0 Å². The number of amides is 1. The van der Waals surface area contributed by atoms with E-state index in [0.717, 1.165) is 60.6 Å². The Balaban J connectivity index is 1.38. The Morgan fingerprint density at radius 2 is 1.74 bits per heavy atom. The number of sulfonamides is 1. The molecule has 1 saturated carbocycles. The number of nitrogens with zero attached hydrogens (tertiary/aromatic N) is 3. The molecule has 1 N–H and O–H groups in total. The van der Waals surface area contributed by atoms with E-state index in [1.54, 1.807) is 18.2 Å². The topological polar surface area (TPSA) is 92.3 Å². The lowest BCUT2D eigenvalue weighted by Gasteiger charge is -2.33. The smallest absolute Gasteiger partial charge is 0.242 e. The van der Waals surface area contributed by atoms with Gasteiger partial charge in [0.15, 0.2) is 0 Å². The maximum Gasteiger partial charge on any atom is 0.242 e. The van der Waals surface area contributed by atoms with Crippen LogP contribution in [0.5, 0.6) is 0 Å². The Labute approximate surface area is 206 Å². The van der Waals surface area contributed by atoms with Crippen molar-refractivity contribution in [1.29, 1.82) is 0 Å². The van der Waals surface area contributed by atoms with Gasteiger partial charge in [0, 0.05) is 24.7 Å². The third-order valence-electron chi connectivity index (χ3n) is 6.72. The maximum atomic E-state index is 13.5. The van der Waals surface area contributed by atoms with Crippen molar-refractivity contribution in [2.45, 2.75) is 57.8 Å². The van der Waals surface area contributed by atoms with E-state index in [1.165, 1.54) is 0 Å². The minimum absolute atomic E-state index is 0.0201. The molecular weight excluding hydrogens is 468 g/mol. The van der Waals surface area contributed by atoms with Crippen molar-refractivity contribution in [3.05, 3.63) is 47.5 Å². The molecular formula is C25H32N4O3S2. The van der Waals surface area contributed by atoms with Crippen molar-refractivity contribution in [3.8, 4) is 0 Å². The first kappa shape index (κ1) is 24.8. The van der Waals surface area contributed by atoms with Crippen LogP contribution in [0.15, 0.2) is 41.3 Å². The second kappa shape index (κ2) is 10.5. The van der Waals surface area contributed by atoms with Crippen LogP contribution in [0.25, 0.3) is 11.0 Å². The number of para-hydroxylation sites is 1. The number of nitrogens with one attached hydrogen (secondary N) is 1. The summed E-state index contributed by atoms with van der Waals surface area (Å²) < 4.78 is 36.9. The molecule has 1 aliphatic rings. The van der Waals surface area contributed by atoms with Crippen LogP contribution < -0.4 is 9.62 Å². The van der Waals surface area contributed by atoms with E-state index < -0.39 is 10.0 Å². The average Bonchev–Trinajstić information content (AvgIpc) is 3.31. The van der Waals surface area contributed by atoms with Gasteiger partial charge in [-0.2, -0.15) is 8.75 Å². The van der Waals surface area contributed by atoms with Gasteiger partial charge in [0.1, 0.15) is 15.9 Å². The average molecular weight is 501 g/mol. The number of benzene rings is 2. The van der Waals surface area contributed by atoms with Crippen LogP contribution in [0, 0.1) is 25.7 Å². The van der Waals surface area contributed by atoms with Crippen molar-refractivity contribution < 1.29 is 13.2 Å². The highest BCUT2D eigenvalue weighted by atomic mass is 32.2. The summed E-state index contributed by atoms with van der Waals surface area (Å²) in [4.78, 5) is 15.6. The van der Waals surface area contributed by atoms with Gasteiger partial charge in [-0.25, -0.2) is 13.1 Å². The molecule has 1 aliphatic carbocycles. The molecule has 0 radical (unpaired) electrons. The van der Waals surface area contributed by atoms with Gasteiger partial charge in [0.05, 0.1) is 11.7 Å². The molecule has 0 unspecified atom stereocenters. The molecule has 0 atom stereocenters. The summed E-state index contributed by atoms with van der Waals surface area (Å²) in [6.45, 7) is 7.29. The molecule has 0 spiro atoms. The van der Waals surface area contributed by atoms with Gasteiger partial charge < -0.3 is 4.90 Å². The number of carbonyl (C=O) groups excluding carboxylic acids is 1. The third kappa shape index (κ3) is 5.16. The maximum absolute atomic E-state index is 13.5. The number of rotatable bonds is 8. The number of hydrogen-bond acceptors (Lipinski definition) is 6. The number of anilines is 1. The zero-order valence-electron chi connectivity index (χ0n) is 20.0.